The molecular weight excluding hydrogens is 318 g/mol. The SMILES string of the molecule is CC(C)NC(=O)c1cccc(Oc2ccc(Br)cc2)c1. The van der Waals surface area contributed by atoms with Crippen LogP contribution in [0.25, 0.3) is 0 Å². The van der Waals surface area contributed by atoms with Crippen LogP contribution in [0.3, 0.4) is 0 Å². The van der Waals surface area contributed by atoms with E-state index in [1.165, 1.54) is 0 Å². The highest BCUT2D eigenvalue weighted by molar-refractivity contribution is 9.10. The van der Waals surface area contributed by atoms with E-state index in [0.29, 0.717) is 11.3 Å². The van der Waals surface area contributed by atoms with E-state index in [1.807, 2.05) is 50.2 Å². The molecule has 0 aliphatic heterocycles. The van der Waals surface area contributed by atoms with E-state index in [2.05, 4.69) is 21.2 Å². The highest BCUT2D eigenvalue weighted by Crippen LogP contribution is 2.23. The third-order valence-corrected chi connectivity index (χ3v) is 3.09. The molecular formula is C16H16BrNO2. The normalized spacial score (nSPS) is 10.4. The van der Waals surface area contributed by atoms with Crippen LogP contribution in [0, 0.1) is 0 Å². The van der Waals surface area contributed by atoms with Gasteiger partial charge in [0.2, 0.25) is 0 Å². The third-order valence-electron chi connectivity index (χ3n) is 2.57. The molecule has 1 amide bonds. The Kier molecular flexibility index (Phi) is 4.79. The molecule has 0 aromatic heterocycles. The molecule has 0 spiro atoms. The van der Waals surface area contributed by atoms with Crippen molar-refractivity contribution in [2.24, 2.45) is 0 Å². The van der Waals surface area contributed by atoms with Gasteiger partial charge in [0.1, 0.15) is 11.5 Å². The van der Waals surface area contributed by atoms with E-state index in [9.17, 15) is 4.79 Å². The van der Waals surface area contributed by atoms with Gasteiger partial charge < -0.3 is 10.1 Å². The number of carbonyl (C=O) groups is 1. The number of carbonyl (C=O) groups excluding carboxylic acids is 1. The zero-order valence-electron chi connectivity index (χ0n) is 11.4. The summed E-state index contributed by atoms with van der Waals surface area (Å²) in [5, 5.41) is 2.86. The fourth-order valence-electron chi connectivity index (χ4n) is 1.69. The Morgan fingerprint density at radius 1 is 1.10 bits per heavy atom. The molecule has 0 saturated heterocycles. The van der Waals surface area contributed by atoms with Crippen molar-refractivity contribution in [2.45, 2.75) is 19.9 Å². The first-order chi connectivity index (χ1) is 9.54. The standard InChI is InChI=1S/C16H16BrNO2/c1-11(2)18-16(19)12-4-3-5-15(10-12)20-14-8-6-13(17)7-9-14/h3-11H,1-2H3,(H,18,19). The van der Waals surface area contributed by atoms with Gasteiger partial charge in [0.25, 0.3) is 5.91 Å². The summed E-state index contributed by atoms with van der Waals surface area (Å²) in [6.45, 7) is 3.86. The van der Waals surface area contributed by atoms with Gasteiger partial charge >= 0.3 is 0 Å². The fraction of sp³-hybridized carbons (Fsp3) is 0.188. The summed E-state index contributed by atoms with van der Waals surface area (Å²) in [5.74, 6) is 1.28. The van der Waals surface area contributed by atoms with Crippen LogP contribution in [0.1, 0.15) is 24.2 Å². The minimum atomic E-state index is -0.0961. The minimum Gasteiger partial charge on any atom is -0.457 e. The lowest BCUT2D eigenvalue weighted by Crippen LogP contribution is -2.29. The zero-order chi connectivity index (χ0) is 14.5. The van der Waals surface area contributed by atoms with Crippen molar-refractivity contribution in [1.29, 1.82) is 0 Å². The molecule has 0 unspecified atom stereocenters. The molecule has 2 aromatic carbocycles. The largest absolute Gasteiger partial charge is 0.457 e. The average Bonchev–Trinajstić information content (AvgIpc) is 2.41. The van der Waals surface area contributed by atoms with Crippen LogP contribution in [0.15, 0.2) is 53.0 Å². The topological polar surface area (TPSA) is 38.3 Å². The second kappa shape index (κ2) is 6.57. The molecule has 0 aliphatic carbocycles. The molecule has 2 aromatic rings. The van der Waals surface area contributed by atoms with E-state index < -0.39 is 0 Å². The Morgan fingerprint density at radius 3 is 2.45 bits per heavy atom. The zero-order valence-corrected chi connectivity index (χ0v) is 13.0. The smallest absolute Gasteiger partial charge is 0.251 e. The van der Waals surface area contributed by atoms with Crippen molar-refractivity contribution in [1.82, 2.24) is 5.32 Å². The Balaban J connectivity index is 2.13. The number of ether oxygens (including phenoxy) is 1. The molecule has 0 atom stereocenters. The molecule has 20 heavy (non-hydrogen) atoms. The van der Waals surface area contributed by atoms with Gasteiger partial charge in [-0.05, 0) is 56.3 Å². The molecule has 4 heteroatoms. The van der Waals surface area contributed by atoms with Crippen LogP contribution in [0.5, 0.6) is 11.5 Å². The first-order valence-corrected chi connectivity index (χ1v) is 7.18. The van der Waals surface area contributed by atoms with Crippen LogP contribution in [-0.4, -0.2) is 11.9 Å². The minimum absolute atomic E-state index is 0.0961. The molecule has 0 saturated carbocycles. The average molecular weight is 334 g/mol. The Labute approximate surface area is 127 Å². The Bertz CT molecular complexity index is 594. The van der Waals surface area contributed by atoms with E-state index >= 15 is 0 Å². The Hall–Kier alpha value is -1.81. The number of rotatable bonds is 4. The third kappa shape index (κ3) is 4.10. The van der Waals surface area contributed by atoms with Crippen LogP contribution >= 0.6 is 15.9 Å². The van der Waals surface area contributed by atoms with Crippen LogP contribution in [0.4, 0.5) is 0 Å². The first kappa shape index (κ1) is 14.6. The highest BCUT2D eigenvalue weighted by Gasteiger charge is 2.08. The fourth-order valence-corrected chi connectivity index (χ4v) is 1.95. The van der Waals surface area contributed by atoms with Crippen molar-refractivity contribution >= 4 is 21.8 Å². The van der Waals surface area contributed by atoms with Crippen molar-refractivity contribution in [2.75, 3.05) is 0 Å². The maximum Gasteiger partial charge on any atom is 0.251 e. The lowest BCUT2D eigenvalue weighted by Gasteiger charge is -2.10. The molecule has 0 heterocycles. The van der Waals surface area contributed by atoms with E-state index in [4.69, 9.17) is 4.74 Å². The van der Waals surface area contributed by atoms with E-state index in [0.717, 1.165) is 10.2 Å². The second-order valence-electron chi connectivity index (χ2n) is 4.71. The summed E-state index contributed by atoms with van der Waals surface area (Å²) in [6, 6.07) is 14.8. The summed E-state index contributed by atoms with van der Waals surface area (Å²) >= 11 is 3.38. The van der Waals surface area contributed by atoms with Crippen LogP contribution < -0.4 is 10.1 Å². The van der Waals surface area contributed by atoms with Gasteiger partial charge in [-0.1, -0.05) is 22.0 Å². The summed E-state index contributed by atoms with van der Waals surface area (Å²) in [6.07, 6.45) is 0. The predicted molar refractivity (Wildman–Crippen MR) is 83.3 cm³/mol. The number of hydrogen-bond acceptors (Lipinski definition) is 2. The molecule has 3 nitrogen and oxygen atoms in total. The van der Waals surface area contributed by atoms with Gasteiger partial charge in [0, 0.05) is 16.1 Å². The molecule has 2 rings (SSSR count). The number of halogens is 1. The molecule has 0 radical (unpaired) electrons. The molecule has 0 bridgehead atoms. The summed E-state index contributed by atoms with van der Waals surface area (Å²) in [5.41, 5.74) is 0.591. The quantitative estimate of drug-likeness (QED) is 0.901. The van der Waals surface area contributed by atoms with Gasteiger partial charge in [-0.3, -0.25) is 4.79 Å². The van der Waals surface area contributed by atoms with Gasteiger partial charge in [-0.2, -0.15) is 0 Å². The van der Waals surface area contributed by atoms with Gasteiger partial charge in [0.05, 0.1) is 0 Å². The number of nitrogens with one attached hydrogen (secondary N) is 1. The van der Waals surface area contributed by atoms with Crippen molar-refractivity contribution < 1.29 is 9.53 Å². The summed E-state index contributed by atoms with van der Waals surface area (Å²) in [7, 11) is 0. The first-order valence-electron chi connectivity index (χ1n) is 6.39. The molecule has 0 aliphatic rings. The monoisotopic (exact) mass is 333 g/mol. The molecule has 0 fully saturated rings. The second-order valence-corrected chi connectivity index (χ2v) is 5.63. The highest BCUT2D eigenvalue weighted by atomic mass is 79.9. The lowest BCUT2D eigenvalue weighted by molar-refractivity contribution is 0.0943. The van der Waals surface area contributed by atoms with E-state index in [-0.39, 0.29) is 11.9 Å². The van der Waals surface area contributed by atoms with Crippen LogP contribution in [-0.2, 0) is 0 Å². The van der Waals surface area contributed by atoms with Gasteiger partial charge in [-0.15, -0.1) is 0 Å². The van der Waals surface area contributed by atoms with E-state index in [1.54, 1.807) is 12.1 Å². The van der Waals surface area contributed by atoms with Crippen molar-refractivity contribution in [3.8, 4) is 11.5 Å². The molecule has 1 N–H and O–H groups in total. The summed E-state index contributed by atoms with van der Waals surface area (Å²) < 4.78 is 6.72. The Morgan fingerprint density at radius 2 is 1.80 bits per heavy atom. The van der Waals surface area contributed by atoms with Gasteiger partial charge in [0.15, 0.2) is 0 Å². The number of benzene rings is 2. The van der Waals surface area contributed by atoms with Crippen LogP contribution in [0.2, 0.25) is 0 Å². The summed E-state index contributed by atoms with van der Waals surface area (Å²) in [4.78, 5) is 11.9. The lowest BCUT2D eigenvalue weighted by atomic mass is 10.2. The predicted octanol–water partition coefficient (Wildman–Crippen LogP) is 4.38. The number of amides is 1. The maximum absolute atomic E-state index is 11.9. The number of hydrogen-bond donors (Lipinski definition) is 1. The van der Waals surface area contributed by atoms with Gasteiger partial charge in [-0.25, -0.2) is 0 Å². The van der Waals surface area contributed by atoms with Crippen molar-refractivity contribution in [3.05, 3.63) is 58.6 Å². The molecule has 104 valence electrons. The van der Waals surface area contributed by atoms with Crippen molar-refractivity contribution in [3.63, 3.8) is 0 Å². The maximum atomic E-state index is 11.9.